The molecular weight excluding hydrogens is 136 g/mol. The Hall–Kier alpha value is -1.11. The molecule has 0 unspecified atom stereocenters. The number of carbonyl (C=O) groups is 1. The fourth-order valence-electron chi connectivity index (χ4n) is 0.978. The van der Waals surface area contributed by atoms with Crippen LogP contribution in [0.3, 0.4) is 0 Å². The van der Waals surface area contributed by atoms with Crippen LogP contribution in [0, 0.1) is 0 Å². The third-order valence-corrected chi connectivity index (χ3v) is 1.55. The van der Waals surface area contributed by atoms with Gasteiger partial charge in [0.1, 0.15) is 0 Å². The number of rotatable bonds is 0. The molecule has 0 aromatic rings. The van der Waals surface area contributed by atoms with Crippen LogP contribution in [0.25, 0.3) is 0 Å². The van der Waals surface area contributed by atoms with Crippen LogP contribution in [0.15, 0.2) is 36.0 Å². The molecule has 0 spiro atoms. The molecule has 0 amide bonds. The van der Waals surface area contributed by atoms with Crippen molar-refractivity contribution in [2.24, 2.45) is 0 Å². The quantitative estimate of drug-likeness (QED) is 0.482. The lowest BCUT2D eigenvalue weighted by Crippen LogP contribution is -1.86. The number of allylic oxidation sites excluding steroid dienone is 6. The van der Waals surface area contributed by atoms with E-state index in [-0.39, 0.29) is 5.78 Å². The molecule has 0 aromatic carbocycles. The zero-order valence-corrected chi connectivity index (χ0v) is 6.71. The van der Waals surface area contributed by atoms with Crippen molar-refractivity contribution in [3.05, 3.63) is 36.0 Å². The van der Waals surface area contributed by atoms with E-state index in [9.17, 15) is 4.79 Å². The maximum atomic E-state index is 11.0. The van der Waals surface area contributed by atoms with Gasteiger partial charge >= 0.3 is 0 Å². The van der Waals surface area contributed by atoms with Gasteiger partial charge in [0, 0.05) is 0 Å². The molecule has 58 valence electrons. The second-order valence-corrected chi connectivity index (χ2v) is 2.71. The van der Waals surface area contributed by atoms with Crippen molar-refractivity contribution >= 4 is 5.78 Å². The van der Waals surface area contributed by atoms with E-state index in [1.165, 1.54) is 0 Å². The van der Waals surface area contributed by atoms with Gasteiger partial charge in [-0.1, -0.05) is 23.8 Å². The van der Waals surface area contributed by atoms with Gasteiger partial charge in [0.15, 0.2) is 5.78 Å². The van der Waals surface area contributed by atoms with Crippen molar-refractivity contribution in [3.63, 3.8) is 0 Å². The Labute approximate surface area is 67.1 Å². The first kappa shape index (κ1) is 7.99. The molecule has 1 nitrogen and oxygen atoms in total. The molecule has 0 heterocycles. The zero-order chi connectivity index (χ0) is 8.10. The fourth-order valence-corrected chi connectivity index (χ4v) is 0.978. The van der Waals surface area contributed by atoms with Gasteiger partial charge < -0.3 is 0 Å². The van der Waals surface area contributed by atoms with Gasteiger partial charge in [-0.3, -0.25) is 4.79 Å². The third-order valence-electron chi connectivity index (χ3n) is 1.55. The highest BCUT2D eigenvalue weighted by atomic mass is 16.1. The van der Waals surface area contributed by atoms with Crippen LogP contribution in [0.2, 0.25) is 0 Å². The minimum absolute atomic E-state index is 0.103. The molecule has 1 heteroatoms. The number of carbonyl (C=O) groups excluding carboxylic acids is 1. The topological polar surface area (TPSA) is 17.1 Å². The molecule has 1 rings (SSSR count). The van der Waals surface area contributed by atoms with Gasteiger partial charge in [-0.25, -0.2) is 0 Å². The van der Waals surface area contributed by atoms with Crippen molar-refractivity contribution in [2.75, 3.05) is 0 Å². The van der Waals surface area contributed by atoms with E-state index in [4.69, 9.17) is 0 Å². The molecule has 1 aliphatic carbocycles. The minimum atomic E-state index is 0.103. The largest absolute Gasteiger partial charge is 0.290 e. The van der Waals surface area contributed by atoms with Gasteiger partial charge in [-0.15, -0.1) is 0 Å². The maximum Gasteiger partial charge on any atom is 0.178 e. The molecule has 0 bridgehead atoms. The lowest BCUT2D eigenvalue weighted by atomic mass is 10.2. The maximum absolute atomic E-state index is 11.0. The predicted molar refractivity (Wildman–Crippen MR) is 46.3 cm³/mol. The molecule has 0 atom stereocenters. The smallest absolute Gasteiger partial charge is 0.178 e. The summed E-state index contributed by atoms with van der Waals surface area (Å²) in [7, 11) is 0. The van der Waals surface area contributed by atoms with Gasteiger partial charge in [-0.05, 0) is 31.9 Å². The second-order valence-electron chi connectivity index (χ2n) is 2.71. The Balaban J connectivity index is 2.76. The lowest BCUT2D eigenvalue weighted by molar-refractivity contribution is -0.110. The van der Waals surface area contributed by atoms with E-state index < -0.39 is 0 Å². The number of ketones is 1. The summed E-state index contributed by atoms with van der Waals surface area (Å²) in [5.41, 5.74) is 1.12. The molecule has 0 aromatic heterocycles. The summed E-state index contributed by atoms with van der Waals surface area (Å²) >= 11 is 0. The first-order valence-electron chi connectivity index (χ1n) is 3.82. The summed E-state index contributed by atoms with van der Waals surface area (Å²) in [5.74, 6) is 0.103. The summed E-state index contributed by atoms with van der Waals surface area (Å²) < 4.78 is 0. The number of hydrogen-bond donors (Lipinski definition) is 0. The van der Waals surface area contributed by atoms with E-state index in [0.29, 0.717) is 0 Å². The van der Waals surface area contributed by atoms with Crippen molar-refractivity contribution in [1.82, 2.24) is 0 Å². The molecule has 0 N–H and O–H groups in total. The first-order chi connectivity index (χ1) is 5.29. The van der Waals surface area contributed by atoms with Gasteiger partial charge in [-0.2, -0.15) is 0 Å². The highest BCUT2D eigenvalue weighted by Crippen LogP contribution is 2.04. The highest BCUT2D eigenvalue weighted by molar-refractivity contribution is 5.99. The van der Waals surface area contributed by atoms with Crippen molar-refractivity contribution < 1.29 is 4.79 Å². The van der Waals surface area contributed by atoms with Gasteiger partial charge in [0.2, 0.25) is 0 Å². The summed E-state index contributed by atoms with van der Waals surface area (Å²) in [6.45, 7) is 1.97. The number of hydrogen-bond acceptors (Lipinski definition) is 1. The Morgan fingerprint density at radius 2 is 2.09 bits per heavy atom. The SMILES string of the molecule is C/C1=C/C(=O)/C=C\C/C=C\C1. The van der Waals surface area contributed by atoms with Gasteiger partial charge in [0.05, 0.1) is 0 Å². The van der Waals surface area contributed by atoms with Gasteiger partial charge in [0.25, 0.3) is 0 Å². The lowest BCUT2D eigenvalue weighted by Gasteiger charge is -1.90. The monoisotopic (exact) mass is 148 g/mol. The Morgan fingerprint density at radius 1 is 1.27 bits per heavy atom. The molecular formula is C10H12O. The van der Waals surface area contributed by atoms with E-state index in [2.05, 4.69) is 12.2 Å². The Morgan fingerprint density at radius 3 is 2.91 bits per heavy atom. The second kappa shape index (κ2) is 3.91. The summed E-state index contributed by atoms with van der Waals surface area (Å²) in [6, 6.07) is 0. The highest BCUT2D eigenvalue weighted by Gasteiger charge is 1.93. The van der Waals surface area contributed by atoms with Crippen LogP contribution in [-0.4, -0.2) is 5.78 Å². The fraction of sp³-hybridized carbons (Fsp3) is 0.300. The van der Waals surface area contributed by atoms with Crippen LogP contribution in [0.4, 0.5) is 0 Å². The molecule has 0 fully saturated rings. The Bertz CT molecular complexity index is 231. The predicted octanol–water partition coefficient (Wildman–Crippen LogP) is 2.41. The average molecular weight is 148 g/mol. The molecule has 11 heavy (non-hydrogen) atoms. The van der Waals surface area contributed by atoms with Crippen molar-refractivity contribution in [1.29, 1.82) is 0 Å². The third kappa shape index (κ3) is 2.99. The van der Waals surface area contributed by atoms with Crippen LogP contribution in [-0.2, 0) is 4.79 Å². The van der Waals surface area contributed by atoms with Crippen LogP contribution < -0.4 is 0 Å². The van der Waals surface area contributed by atoms with E-state index in [0.717, 1.165) is 18.4 Å². The normalized spacial score (nSPS) is 29.2. The average Bonchev–Trinajstić information content (AvgIpc) is 2.02. The van der Waals surface area contributed by atoms with Crippen LogP contribution in [0.5, 0.6) is 0 Å². The van der Waals surface area contributed by atoms with Crippen molar-refractivity contribution in [2.45, 2.75) is 19.8 Å². The zero-order valence-electron chi connectivity index (χ0n) is 6.71. The van der Waals surface area contributed by atoms with E-state index >= 15 is 0 Å². The summed E-state index contributed by atoms with van der Waals surface area (Å²) in [4.78, 5) is 11.0. The first-order valence-corrected chi connectivity index (χ1v) is 3.82. The Kier molecular flexibility index (Phi) is 2.84. The minimum Gasteiger partial charge on any atom is -0.290 e. The molecule has 0 radical (unpaired) electrons. The standard InChI is InChI=1S/C10H12O/c1-9-6-4-2-3-5-7-10(11)8-9/h2,4-5,7-8H,3,6H2,1H3/b4-2-,7-5-,9-8-. The van der Waals surface area contributed by atoms with E-state index in [1.54, 1.807) is 12.2 Å². The molecule has 0 saturated heterocycles. The van der Waals surface area contributed by atoms with Crippen LogP contribution in [0.1, 0.15) is 19.8 Å². The summed E-state index contributed by atoms with van der Waals surface area (Å²) in [6.07, 6.45) is 11.1. The van der Waals surface area contributed by atoms with E-state index in [1.807, 2.05) is 13.0 Å². The molecule has 1 aliphatic rings. The molecule has 0 saturated carbocycles. The van der Waals surface area contributed by atoms with Crippen molar-refractivity contribution in [3.8, 4) is 0 Å². The molecule has 0 aliphatic heterocycles. The van der Waals surface area contributed by atoms with Crippen LogP contribution >= 0.6 is 0 Å². The summed E-state index contributed by atoms with van der Waals surface area (Å²) in [5, 5.41) is 0.